The Morgan fingerprint density at radius 2 is 1.64 bits per heavy atom. The summed E-state index contributed by atoms with van der Waals surface area (Å²) in [5.41, 5.74) is 2.44. The molecule has 0 aliphatic carbocycles. The SMILES string of the molecule is COc1ccc(S(=O)(=O)N(CCO)c2ccccc2CN(C)C/C=C/c2ccc(Cl)cc2)cc1.O=P(=O)OO.[HH]. The van der Waals surface area contributed by atoms with Crippen LogP contribution in [0.2, 0.25) is 5.02 Å². The summed E-state index contributed by atoms with van der Waals surface area (Å²) in [5.74, 6) is 0.571. The van der Waals surface area contributed by atoms with Crippen molar-refractivity contribution in [1.29, 1.82) is 0 Å². The molecule has 0 amide bonds. The minimum atomic E-state index is -3.88. The van der Waals surface area contributed by atoms with E-state index >= 15 is 0 Å². The monoisotopic (exact) mass is 598 g/mol. The van der Waals surface area contributed by atoms with Gasteiger partial charge in [0.05, 0.1) is 30.8 Å². The van der Waals surface area contributed by atoms with Gasteiger partial charge in [0.15, 0.2) is 0 Å². The Morgan fingerprint density at radius 1 is 1.03 bits per heavy atom. The highest BCUT2D eigenvalue weighted by molar-refractivity contribution is 7.92. The van der Waals surface area contributed by atoms with Crippen molar-refractivity contribution in [2.24, 2.45) is 0 Å². The zero-order valence-electron chi connectivity index (χ0n) is 21.4. The maximum Gasteiger partial charge on any atom is 0.496 e. The number of anilines is 1. The molecule has 0 unspecified atom stereocenters. The molecule has 3 aromatic rings. The first kappa shape index (κ1) is 32.2. The molecule has 0 heterocycles. The molecule has 0 spiro atoms. The molecule has 3 rings (SSSR count). The number of methoxy groups -OCH3 is 1. The maximum atomic E-state index is 13.5. The van der Waals surface area contributed by atoms with Crippen molar-refractivity contribution in [3.8, 4) is 5.75 Å². The number of benzene rings is 3. The first-order valence-electron chi connectivity index (χ1n) is 11.5. The van der Waals surface area contributed by atoms with E-state index < -0.39 is 17.9 Å². The van der Waals surface area contributed by atoms with Gasteiger partial charge < -0.3 is 9.84 Å². The van der Waals surface area contributed by atoms with Gasteiger partial charge in [-0.15, -0.1) is 4.67 Å². The lowest BCUT2D eigenvalue weighted by molar-refractivity contribution is -0.132. The van der Waals surface area contributed by atoms with E-state index in [4.69, 9.17) is 30.7 Å². The van der Waals surface area contributed by atoms with Gasteiger partial charge >= 0.3 is 7.91 Å². The van der Waals surface area contributed by atoms with E-state index in [9.17, 15) is 13.5 Å². The third-order valence-electron chi connectivity index (χ3n) is 5.32. The van der Waals surface area contributed by atoms with E-state index in [2.05, 4.69) is 9.57 Å². The Kier molecular flexibility index (Phi) is 13.3. The fourth-order valence-electron chi connectivity index (χ4n) is 3.52. The number of nitrogens with zero attached hydrogens (tertiary/aromatic N) is 2. The second-order valence-corrected chi connectivity index (χ2v) is 11.0. The molecule has 0 bridgehead atoms. The quantitative estimate of drug-likeness (QED) is 0.158. The zero-order chi connectivity index (χ0) is 28.8. The van der Waals surface area contributed by atoms with Gasteiger partial charge in [0.2, 0.25) is 0 Å². The van der Waals surface area contributed by atoms with Crippen LogP contribution in [0.1, 0.15) is 12.6 Å². The average molecular weight is 599 g/mol. The summed E-state index contributed by atoms with van der Waals surface area (Å²) < 4.78 is 53.9. The van der Waals surface area contributed by atoms with Crippen LogP contribution in [0.5, 0.6) is 5.75 Å². The van der Waals surface area contributed by atoms with Crippen molar-refractivity contribution in [1.82, 2.24) is 4.90 Å². The number of aliphatic hydroxyl groups is 1. The number of aliphatic hydroxyl groups excluding tert-OH is 1. The van der Waals surface area contributed by atoms with Gasteiger partial charge in [-0.05, 0) is 60.6 Å². The number of para-hydroxylation sites is 1. The first-order valence-corrected chi connectivity index (χ1v) is 14.5. The molecule has 0 saturated heterocycles. The number of rotatable bonds is 12. The molecule has 0 radical (unpaired) electrons. The fourth-order valence-corrected chi connectivity index (χ4v) is 5.14. The molecule has 0 aliphatic rings. The van der Waals surface area contributed by atoms with E-state index in [-0.39, 0.29) is 19.5 Å². The van der Waals surface area contributed by atoms with Gasteiger partial charge in [-0.3, -0.25) is 9.21 Å². The molecule has 0 aliphatic heterocycles. The minimum absolute atomic E-state index is 0. The van der Waals surface area contributed by atoms with Crippen molar-refractivity contribution in [3.05, 3.63) is 95.0 Å². The van der Waals surface area contributed by atoms with Crippen molar-refractivity contribution in [2.45, 2.75) is 11.4 Å². The van der Waals surface area contributed by atoms with E-state index in [1.165, 1.54) is 23.5 Å². The lowest BCUT2D eigenvalue weighted by atomic mass is 10.1. The van der Waals surface area contributed by atoms with Gasteiger partial charge in [-0.1, -0.05) is 54.1 Å². The molecule has 39 heavy (non-hydrogen) atoms. The molecule has 0 aromatic heterocycles. The summed E-state index contributed by atoms with van der Waals surface area (Å²) in [4.78, 5) is 2.22. The molecular formula is C26H32ClN2O8PS. The van der Waals surface area contributed by atoms with Crippen LogP contribution >= 0.6 is 19.5 Å². The third kappa shape index (κ3) is 10.2. The second-order valence-electron chi connectivity index (χ2n) is 8.06. The number of hydrogen-bond acceptors (Lipinski definition) is 9. The van der Waals surface area contributed by atoms with Crippen LogP contribution < -0.4 is 9.04 Å². The van der Waals surface area contributed by atoms with Crippen LogP contribution in [0, 0.1) is 0 Å². The second kappa shape index (κ2) is 16.2. The van der Waals surface area contributed by atoms with Gasteiger partial charge in [0, 0.05) is 19.5 Å². The Labute approximate surface area is 235 Å². The molecule has 0 fully saturated rings. The van der Waals surface area contributed by atoms with Crippen LogP contribution in [0.4, 0.5) is 5.69 Å². The minimum Gasteiger partial charge on any atom is -0.497 e. The molecule has 3 aromatic carbocycles. The normalized spacial score (nSPS) is 11.2. The average Bonchev–Trinajstić information content (AvgIpc) is 2.93. The van der Waals surface area contributed by atoms with Crippen molar-refractivity contribution in [3.63, 3.8) is 0 Å². The summed E-state index contributed by atoms with van der Waals surface area (Å²) >= 11 is 5.93. The molecule has 0 atom stereocenters. The van der Waals surface area contributed by atoms with Crippen LogP contribution in [0.3, 0.4) is 0 Å². The van der Waals surface area contributed by atoms with Crippen LogP contribution in [-0.2, 0) is 30.4 Å². The Bertz CT molecular complexity index is 1380. The standard InChI is InChI=1S/C26H29ClN2O4S.HO4P.H2/c1-28(17-5-6-21-9-11-23(27)12-10-21)20-22-7-3-4-8-26(22)29(18-19-30)34(31,32)25-15-13-24(33-2)14-16-25;1-4-5(2)3;/h3-16,30H,17-20H2,1-2H3;1H;1H/b6-5+;;. The highest BCUT2D eigenvalue weighted by Gasteiger charge is 2.26. The lowest BCUT2D eigenvalue weighted by Crippen LogP contribution is -2.35. The van der Waals surface area contributed by atoms with Gasteiger partial charge in [0.25, 0.3) is 10.0 Å². The Morgan fingerprint density at radius 3 is 2.21 bits per heavy atom. The van der Waals surface area contributed by atoms with Gasteiger partial charge in [-0.25, -0.2) is 22.8 Å². The smallest absolute Gasteiger partial charge is 0.496 e. The summed E-state index contributed by atoms with van der Waals surface area (Å²) in [6, 6.07) is 21.2. The van der Waals surface area contributed by atoms with E-state index in [0.29, 0.717) is 29.5 Å². The van der Waals surface area contributed by atoms with E-state index in [0.717, 1.165) is 11.1 Å². The predicted octanol–water partition coefficient (Wildman–Crippen LogP) is 5.49. The Balaban J connectivity index is 0.00000122. The van der Waals surface area contributed by atoms with Gasteiger partial charge in [0.1, 0.15) is 5.75 Å². The van der Waals surface area contributed by atoms with Gasteiger partial charge in [-0.2, -0.15) is 0 Å². The number of sulfonamides is 1. The number of hydrogen-bond donors (Lipinski definition) is 2. The number of likely N-dealkylation sites (N-methyl/N-ethyl adjacent to an activating group) is 1. The van der Waals surface area contributed by atoms with E-state index in [1.807, 2.05) is 55.6 Å². The van der Waals surface area contributed by atoms with Crippen LogP contribution in [-0.4, -0.2) is 57.5 Å². The van der Waals surface area contributed by atoms with Crippen molar-refractivity contribution in [2.75, 3.05) is 38.2 Å². The van der Waals surface area contributed by atoms with Crippen LogP contribution in [0.25, 0.3) is 6.08 Å². The first-order chi connectivity index (χ1) is 18.6. The Hall–Kier alpha value is -3.02. The maximum absolute atomic E-state index is 13.5. The highest BCUT2D eigenvalue weighted by atomic mass is 35.5. The molecule has 2 N–H and O–H groups in total. The summed E-state index contributed by atoms with van der Waals surface area (Å²) in [6.45, 7) is 0.846. The number of ether oxygens (including phenoxy) is 1. The summed E-state index contributed by atoms with van der Waals surface area (Å²) in [7, 11) is -3.43. The topological polar surface area (TPSA) is 134 Å². The highest BCUT2D eigenvalue weighted by Crippen LogP contribution is 2.28. The van der Waals surface area contributed by atoms with Crippen molar-refractivity contribution < 1.29 is 38.7 Å². The molecule has 13 heteroatoms. The summed E-state index contributed by atoms with van der Waals surface area (Å²) in [6.07, 6.45) is 4.07. The lowest BCUT2D eigenvalue weighted by Gasteiger charge is -2.27. The molecular weight excluding hydrogens is 567 g/mol. The fraction of sp³-hybridized carbons (Fsp3) is 0.231. The van der Waals surface area contributed by atoms with E-state index in [1.54, 1.807) is 24.3 Å². The summed E-state index contributed by atoms with van der Waals surface area (Å²) in [5, 5.41) is 17.4. The zero-order valence-corrected chi connectivity index (χ0v) is 23.8. The largest absolute Gasteiger partial charge is 0.497 e. The van der Waals surface area contributed by atoms with Crippen LogP contribution in [0.15, 0.2) is 83.8 Å². The number of halogens is 1. The van der Waals surface area contributed by atoms with Crippen molar-refractivity contribution >= 4 is 41.3 Å². The predicted molar refractivity (Wildman–Crippen MR) is 152 cm³/mol. The molecule has 0 saturated carbocycles. The molecule has 10 nitrogen and oxygen atoms in total. The molecule has 212 valence electrons. The third-order valence-corrected chi connectivity index (χ3v) is 7.53.